The number of piperidine rings is 1. The molecule has 1 aliphatic heterocycles. The smallest absolute Gasteiger partial charge is 0.246 e. The molecule has 1 fully saturated rings. The van der Waals surface area contributed by atoms with Gasteiger partial charge in [0.2, 0.25) is 10.0 Å². The number of nitrogens with zero attached hydrogens (tertiary/aromatic N) is 5. The van der Waals surface area contributed by atoms with Crippen LogP contribution in [0.15, 0.2) is 90.2 Å². The predicted octanol–water partition coefficient (Wildman–Crippen LogP) is 5.54. The van der Waals surface area contributed by atoms with Gasteiger partial charge in [0.05, 0.1) is 29.7 Å². The zero-order chi connectivity index (χ0) is 29.5. The Morgan fingerprint density at radius 3 is 2.40 bits per heavy atom. The van der Waals surface area contributed by atoms with E-state index in [1.807, 2.05) is 50.2 Å². The summed E-state index contributed by atoms with van der Waals surface area (Å²) in [6.45, 7) is 5.21. The van der Waals surface area contributed by atoms with Crippen molar-refractivity contribution >= 4 is 20.9 Å². The minimum absolute atomic E-state index is 0.192. The first kappa shape index (κ1) is 28.3. The first-order valence-corrected chi connectivity index (χ1v) is 15.7. The van der Waals surface area contributed by atoms with Gasteiger partial charge < -0.3 is 5.11 Å². The average molecular weight is 588 g/mol. The van der Waals surface area contributed by atoms with Gasteiger partial charge in [0.25, 0.3) is 0 Å². The molecule has 0 spiro atoms. The molecule has 2 aromatic heterocycles. The molecule has 1 atom stereocenters. The third-order valence-corrected chi connectivity index (χ3v) is 10.3. The van der Waals surface area contributed by atoms with Gasteiger partial charge in [-0.3, -0.25) is 4.68 Å². The second kappa shape index (κ2) is 11.1. The Bertz CT molecular complexity index is 1810. The monoisotopic (exact) mass is 587 g/mol. The molecule has 5 aromatic rings. The third-order valence-electron chi connectivity index (χ3n) is 8.48. The summed E-state index contributed by atoms with van der Waals surface area (Å²) in [5, 5.41) is 21.7. The van der Waals surface area contributed by atoms with Gasteiger partial charge in [-0.15, -0.1) is 0 Å². The van der Waals surface area contributed by atoms with Gasteiger partial charge >= 0.3 is 0 Å². The van der Waals surface area contributed by atoms with Gasteiger partial charge in [0.1, 0.15) is 10.7 Å². The second-order valence-electron chi connectivity index (χ2n) is 11.1. The van der Waals surface area contributed by atoms with Crippen molar-refractivity contribution in [2.24, 2.45) is 0 Å². The molecule has 0 radical (unpaired) electrons. The number of fused-ring (bicyclic) bond motifs is 1. The van der Waals surface area contributed by atoms with Gasteiger partial charge in [-0.1, -0.05) is 37.3 Å². The van der Waals surface area contributed by atoms with Crippen LogP contribution in [0.4, 0.5) is 4.39 Å². The number of benzene rings is 3. The molecule has 0 saturated carbocycles. The molecule has 6 rings (SSSR count). The number of hydrogen-bond donors (Lipinski definition) is 1. The van der Waals surface area contributed by atoms with Crippen LogP contribution in [-0.2, 0) is 22.0 Å². The lowest BCUT2D eigenvalue weighted by atomic mass is 9.66. The first-order chi connectivity index (χ1) is 20.2. The van der Waals surface area contributed by atoms with Crippen molar-refractivity contribution in [1.29, 1.82) is 0 Å². The number of aromatic nitrogens is 4. The Hall–Kier alpha value is -3.86. The maximum absolute atomic E-state index is 13.6. The highest BCUT2D eigenvalue weighted by Crippen LogP contribution is 2.48. The van der Waals surface area contributed by atoms with Crippen molar-refractivity contribution in [2.75, 3.05) is 13.1 Å². The Labute approximate surface area is 245 Å². The van der Waals surface area contributed by atoms with Crippen molar-refractivity contribution in [2.45, 2.75) is 56.1 Å². The van der Waals surface area contributed by atoms with Crippen LogP contribution >= 0.6 is 0 Å². The lowest BCUT2D eigenvalue weighted by Crippen LogP contribution is -2.48. The number of sulfonamides is 1. The first-order valence-electron chi connectivity index (χ1n) is 14.2. The van der Waals surface area contributed by atoms with Gasteiger partial charge in [-0.25, -0.2) is 17.5 Å². The number of halogens is 1. The quantitative estimate of drug-likeness (QED) is 0.258. The second-order valence-corrected chi connectivity index (χ2v) is 13.0. The van der Waals surface area contributed by atoms with E-state index < -0.39 is 21.5 Å². The maximum atomic E-state index is 13.6. The lowest BCUT2D eigenvalue weighted by Gasteiger charge is -2.45. The van der Waals surface area contributed by atoms with Crippen LogP contribution in [-0.4, -0.2) is 50.5 Å². The Morgan fingerprint density at radius 2 is 1.71 bits per heavy atom. The molecule has 0 bridgehead atoms. The SMILES string of the molecule is CCCn1cc(S(=O)(=O)N2CCC(c3cc4cnn(-c5ccc(F)cc5)c4cc3C)(C(O)c3ccccc3)CC2)cn1. The maximum Gasteiger partial charge on any atom is 0.246 e. The number of rotatable bonds is 8. The summed E-state index contributed by atoms with van der Waals surface area (Å²) in [6.07, 6.45) is 5.67. The van der Waals surface area contributed by atoms with E-state index in [-0.39, 0.29) is 23.8 Å². The molecule has 3 heterocycles. The largest absolute Gasteiger partial charge is 0.387 e. The van der Waals surface area contributed by atoms with Crippen LogP contribution in [0, 0.1) is 12.7 Å². The normalized spacial score (nSPS) is 16.6. The minimum atomic E-state index is -3.73. The van der Waals surface area contributed by atoms with Crippen molar-refractivity contribution in [3.63, 3.8) is 0 Å². The summed E-state index contributed by atoms with van der Waals surface area (Å²) >= 11 is 0. The summed E-state index contributed by atoms with van der Waals surface area (Å²) in [5.74, 6) is -0.311. The third kappa shape index (κ3) is 4.93. The molecule has 42 heavy (non-hydrogen) atoms. The number of aliphatic hydroxyl groups excluding tert-OH is 1. The van der Waals surface area contributed by atoms with Gasteiger partial charge in [0, 0.05) is 36.6 Å². The number of hydrogen-bond acceptors (Lipinski definition) is 5. The summed E-state index contributed by atoms with van der Waals surface area (Å²) in [4.78, 5) is 0.192. The fourth-order valence-electron chi connectivity index (χ4n) is 6.25. The van der Waals surface area contributed by atoms with Crippen molar-refractivity contribution in [3.05, 3.63) is 108 Å². The van der Waals surface area contributed by atoms with Gasteiger partial charge in [0.15, 0.2) is 0 Å². The van der Waals surface area contributed by atoms with Crippen LogP contribution in [0.3, 0.4) is 0 Å². The molecule has 218 valence electrons. The molecule has 10 heteroatoms. The Morgan fingerprint density at radius 1 is 1.00 bits per heavy atom. The van der Waals surface area contributed by atoms with Crippen LogP contribution in [0.5, 0.6) is 0 Å². The highest BCUT2D eigenvalue weighted by atomic mass is 32.2. The fourth-order valence-corrected chi connectivity index (χ4v) is 7.65. The van der Waals surface area contributed by atoms with E-state index in [0.29, 0.717) is 19.4 Å². The van der Waals surface area contributed by atoms with E-state index >= 15 is 0 Å². The molecule has 1 N–H and O–H groups in total. The highest BCUT2D eigenvalue weighted by Gasteiger charge is 2.46. The molecule has 3 aromatic carbocycles. The van der Waals surface area contributed by atoms with Crippen LogP contribution in [0.1, 0.15) is 49.0 Å². The van der Waals surface area contributed by atoms with E-state index in [9.17, 15) is 17.9 Å². The fraction of sp³-hybridized carbons (Fsp3) is 0.312. The molecule has 1 aliphatic rings. The zero-order valence-electron chi connectivity index (χ0n) is 23.7. The van der Waals surface area contributed by atoms with E-state index in [1.165, 1.54) is 22.6 Å². The highest BCUT2D eigenvalue weighted by molar-refractivity contribution is 7.89. The lowest BCUT2D eigenvalue weighted by molar-refractivity contribution is 0.0442. The Balaban J connectivity index is 1.38. The molecule has 8 nitrogen and oxygen atoms in total. The van der Waals surface area contributed by atoms with E-state index in [4.69, 9.17) is 0 Å². The van der Waals surface area contributed by atoms with Crippen molar-refractivity contribution in [3.8, 4) is 5.69 Å². The minimum Gasteiger partial charge on any atom is -0.387 e. The van der Waals surface area contributed by atoms with E-state index in [0.717, 1.165) is 39.7 Å². The van der Waals surface area contributed by atoms with Crippen LogP contribution < -0.4 is 0 Å². The topological polar surface area (TPSA) is 93.2 Å². The molecular formula is C32H34FN5O3S. The number of aryl methyl sites for hydroxylation is 2. The van der Waals surface area contributed by atoms with Gasteiger partial charge in [-0.05, 0) is 79.3 Å². The van der Waals surface area contributed by atoms with Crippen LogP contribution in [0.25, 0.3) is 16.6 Å². The van der Waals surface area contributed by atoms with Crippen molar-refractivity contribution in [1.82, 2.24) is 23.9 Å². The molecule has 1 saturated heterocycles. The predicted molar refractivity (Wildman–Crippen MR) is 159 cm³/mol. The zero-order valence-corrected chi connectivity index (χ0v) is 24.5. The summed E-state index contributed by atoms with van der Waals surface area (Å²) in [5.41, 5.74) is 3.62. The average Bonchev–Trinajstić information content (AvgIpc) is 3.65. The summed E-state index contributed by atoms with van der Waals surface area (Å²) in [6, 6.07) is 19.9. The van der Waals surface area contributed by atoms with E-state index in [2.05, 4.69) is 16.3 Å². The summed E-state index contributed by atoms with van der Waals surface area (Å²) in [7, 11) is -3.73. The van der Waals surface area contributed by atoms with E-state index in [1.54, 1.807) is 33.9 Å². The van der Waals surface area contributed by atoms with Crippen molar-refractivity contribution < 1.29 is 17.9 Å². The van der Waals surface area contributed by atoms with Crippen LogP contribution in [0.2, 0.25) is 0 Å². The molecule has 1 unspecified atom stereocenters. The molecular weight excluding hydrogens is 553 g/mol. The molecule has 0 amide bonds. The standard InChI is InChI=1S/C32H34FN5O3S/c1-3-15-36-22-28(21-34-36)42(40,41)37-16-13-32(14-17-37,31(39)24-7-5-4-6-8-24)29-19-25-20-35-38(30(25)18-23(29)2)27-11-9-26(33)10-12-27/h4-12,18-22,31,39H,3,13-17H2,1-2H3. The number of aliphatic hydroxyl groups is 1. The summed E-state index contributed by atoms with van der Waals surface area (Å²) < 4.78 is 45.6. The Kier molecular flexibility index (Phi) is 7.46. The van der Waals surface area contributed by atoms with Gasteiger partial charge in [-0.2, -0.15) is 14.5 Å². The molecule has 0 aliphatic carbocycles.